The van der Waals surface area contributed by atoms with Gasteiger partial charge in [0.25, 0.3) is 5.91 Å². The molecule has 2 aliphatic heterocycles. The molecule has 182 valence electrons. The lowest BCUT2D eigenvalue weighted by Crippen LogP contribution is -2.35. The summed E-state index contributed by atoms with van der Waals surface area (Å²) in [7, 11) is 0. The van der Waals surface area contributed by atoms with Crippen LogP contribution >= 0.6 is 0 Å². The second-order valence-corrected chi connectivity index (χ2v) is 10.7. The van der Waals surface area contributed by atoms with Crippen LogP contribution in [0, 0.1) is 31.6 Å². The Balaban J connectivity index is 1.33. The second-order valence-electron chi connectivity index (χ2n) is 10.7. The van der Waals surface area contributed by atoms with Crippen LogP contribution < -0.4 is 5.32 Å². The van der Waals surface area contributed by atoms with E-state index in [4.69, 9.17) is 0 Å². The third kappa shape index (κ3) is 5.69. The molecule has 5 heteroatoms. The van der Waals surface area contributed by atoms with Gasteiger partial charge in [0.15, 0.2) is 0 Å². The van der Waals surface area contributed by atoms with Crippen LogP contribution in [0.15, 0.2) is 48.5 Å². The standard InChI is InChI=1S/C29H39N3O2/c1-20(2)15-27(33)30-26(23-11-6-5-7-12-23)13-14-31-16-24-18-32(19-25(24)17-31)29(34)28-21(3)9-8-10-22(28)4/h5-12,20,24-26H,13-19H2,1-4H3,(H,30,33). The molecule has 4 rings (SSSR count). The molecule has 2 saturated heterocycles. The number of hydrogen-bond acceptors (Lipinski definition) is 3. The first kappa shape index (κ1) is 24.5. The monoisotopic (exact) mass is 461 g/mol. The number of rotatable bonds is 8. The van der Waals surface area contributed by atoms with Gasteiger partial charge in [-0.25, -0.2) is 0 Å². The summed E-state index contributed by atoms with van der Waals surface area (Å²) in [6, 6.07) is 16.4. The lowest BCUT2D eigenvalue weighted by molar-refractivity contribution is -0.122. The summed E-state index contributed by atoms with van der Waals surface area (Å²) in [6.45, 7) is 12.9. The van der Waals surface area contributed by atoms with Gasteiger partial charge in [-0.1, -0.05) is 62.4 Å². The van der Waals surface area contributed by atoms with Gasteiger partial charge in [0.05, 0.1) is 6.04 Å². The van der Waals surface area contributed by atoms with Crippen molar-refractivity contribution in [1.82, 2.24) is 15.1 Å². The van der Waals surface area contributed by atoms with E-state index in [1.165, 1.54) is 5.56 Å². The van der Waals surface area contributed by atoms with Crippen molar-refractivity contribution < 1.29 is 9.59 Å². The lowest BCUT2D eigenvalue weighted by atomic mass is 10.0. The predicted octanol–water partition coefficient (Wildman–Crippen LogP) is 4.60. The van der Waals surface area contributed by atoms with Gasteiger partial charge >= 0.3 is 0 Å². The van der Waals surface area contributed by atoms with Gasteiger partial charge in [-0.2, -0.15) is 0 Å². The van der Waals surface area contributed by atoms with E-state index in [2.05, 4.69) is 41.1 Å². The van der Waals surface area contributed by atoms with Gasteiger partial charge < -0.3 is 15.1 Å². The van der Waals surface area contributed by atoms with E-state index in [9.17, 15) is 9.59 Å². The van der Waals surface area contributed by atoms with E-state index < -0.39 is 0 Å². The third-order valence-electron chi connectivity index (χ3n) is 7.41. The smallest absolute Gasteiger partial charge is 0.254 e. The number of nitrogens with one attached hydrogen (secondary N) is 1. The van der Waals surface area contributed by atoms with Crippen LogP contribution in [0.3, 0.4) is 0 Å². The van der Waals surface area contributed by atoms with Crippen molar-refractivity contribution >= 4 is 11.8 Å². The minimum Gasteiger partial charge on any atom is -0.349 e. The topological polar surface area (TPSA) is 52.7 Å². The zero-order chi connectivity index (χ0) is 24.2. The van der Waals surface area contributed by atoms with E-state index >= 15 is 0 Å². The summed E-state index contributed by atoms with van der Waals surface area (Å²) in [4.78, 5) is 30.3. The summed E-state index contributed by atoms with van der Waals surface area (Å²) < 4.78 is 0. The SMILES string of the molecule is Cc1cccc(C)c1C(=O)N1CC2CN(CCC(NC(=O)CC(C)C)c3ccccc3)CC2C1. The van der Waals surface area contributed by atoms with Crippen LogP contribution in [0.2, 0.25) is 0 Å². The van der Waals surface area contributed by atoms with Gasteiger partial charge in [-0.3, -0.25) is 9.59 Å². The Morgan fingerprint density at radius 3 is 2.12 bits per heavy atom. The fourth-order valence-electron chi connectivity index (χ4n) is 5.69. The van der Waals surface area contributed by atoms with Crippen molar-refractivity contribution in [2.75, 3.05) is 32.7 Å². The molecule has 2 amide bonds. The molecule has 2 aromatic carbocycles. The highest BCUT2D eigenvalue weighted by Crippen LogP contribution is 2.33. The number of carbonyl (C=O) groups excluding carboxylic acids is 2. The molecule has 0 spiro atoms. The van der Waals surface area contributed by atoms with Crippen molar-refractivity contribution in [1.29, 1.82) is 0 Å². The molecule has 0 radical (unpaired) electrons. The molecule has 0 aromatic heterocycles. The van der Waals surface area contributed by atoms with E-state index in [1.807, 2.05) is 50.2 Å². The van der Waals surface area contributed by atoms with Crippen LogP contribution in [-0.2, 0) is 4.79 Å². The van der Waals surface area contributed by atoms with Gasteiger partial charge in [-0.05, 0) is 54.7 Å². The summed E-state index contributed by atoms with van der Waals surface area (Å²) in [5.74, 6) is 1.75. The molecule has 0 saturated carbocycles. The number of aryl methyl sites for hydroxylation is 2. The van der Waals surface area contributed by atoms with Crippen LogP contribution in [0.5, 0.6) is 0 Å². The van der Waals surface area contributed by atoms with E-state index in [1.54, 1.807) is 0 Å². The highest BCUT2D eigenvalue weighted by molar-refractivity contribution is 5.97. The average Bonchev–Trinajstić information content (AvgIpc) is 3.35. The van der Waals surface area contributed by atoms with Crippen molar-refractivity contribution in [2.24, 2.45) is 17.8 Å². The number of carbonyl (C=O) groups is 2. The van der Waals surface area contributed by atoms with Gasteiger partial charge in [-0.15, -0.1) is 0 Å². The quantitative estimate of drug-likeness (QED) is 0.625. The summed E-state index contributed by atoms with van der Waals surface area (Å²) in [5.41, 5.74) is 4.18. The summed E-state index contributed by atoms with van der Waals surface area (Å²) in [6.07, 6.45) is 1.46. The van der Waals surface area contributed by atoms with Gasteiger partial charge in [0.2, 0.25) is 5.91 Å². The summed E-state index contributed by atoms with van der Waals surface area (Å²) >= 11 is 0. The number of nitrogens with zero attached hydrogens (tertiary/aromatic N) is 2. The Bertz CT molecular complexity index is 969. The Morgan fingerprint density at radius 2 is 1.53 bits per heavy atom. The molecule has 34 heavy (non-hydrogen) atoms. The lowest BCUT2D eigenvalue weighted by Gasteiger charge is -2.25. The van der Waals surface area contributed by atoms with Gasteiger partial charge in [0.1, 0.15) is 0 Å². The Hall–Kier alpha value is -2.66. The van der Waals surface area contributed by atoms with E-state index in [-0.39, 0.29) is 17.9 Å². The fraction of sp³-hybridized carbons (Fsp3) is 0.517. The summed E-state index contributed by atoms with van der Waals surface area (Å²) in [5, 5.41) is 3.27. The molecule has 1 N–H and O–H groups in total. The van der Waals surface area contributed by atoms with Crippen LogP contribution in [-0.4, -0.2) is 54.3 Å². The number of amides is 2. The second kappa shape index (κ2) is 10.7. The number of fused-ring (bicyclic) bond motifs is 1. The Kier molecular flexibility index (Phi) is 7.72. The molecule has 0 bridgehead atoms. The first-order valence-electron chi connectivity index (χ1n) is 12.7. The van der Waals surface area contributed by atoms with Crippen LogP contribution in [0.4, 0.5) is 0 Å². The molecular formula is C29H39N3O2. The molecule has 2 aromatic rings. The molecule has 3 atom stereocenters. The minimum absolute atomic E-state index is 0.0370. The molecule has 2 aliphatic rings. The largest absolute Gasteiger partial charge is 0.349 e. The first-order chi connectivity index (χ1) is 16.3. The highest BCUT2D eigenvalue weighted by atomic mass is 16.2. The van der Waals surface area contributed by atoms with Crippen LogP contribution in [0.1, 0.15) is 59.8 Å². The highest BCUT2D eigenvalue weighted by Gasteiger charge is 2.42. The van der Waals surface area contributed by atoms with Crippen molar-refractivity contribution in [3.8, 4) is 0 Å². The zero-order valence-electron chi connectivity index (χ0n) is 21.1. The molecule has 0 aliphatic carbocycles. The van der Waals surface area contributed by atoms with Crippen molar-refractivity contribution in [3.05, 3.63) is 70.8 Å². The average molecular weight is 462 g/mol. The maximum Gasteiger partial charge on any atom is 0.254 e. The minimum atomic E-state index is 0.0370. The zero-order valence-corrected chi connectivity index (χ0v) is 21.1. The Morgan fingerprint density at radius 1 is 0.912 bits per heavy atom. The number of benzene rings is 2. The maximum absolute atomic E-state index is 13.2. The van der Waals surface area contributed by atoms with E-state index in [0.717, 1.165) is 55.8 Å². The van der Waals surface area contributed by atoms with Gasteiger partial charge in [0, 0.05) is 44.7 Å². The van der Waals surface area contributed by atoms with E-state index in [0.29, 0.717) is 24.2 Å². The van der Waals surface area contributed by atoms with Crippen molar-refractivity contribution in [3.63, 3.8) is 0 Å². The molecule has 2 heterocycles. The third-order valence-corrected chi connectivity index (χ3v) is 7.41. The van der Waals surface area contributed by atoms with Crippen LogP contribution in [0.25, 0.3) is 0 Å². The van der Waals surface area contributed by atoms with Crippen molar-refractivity contribution in [2.45, 2.75) is 46.6 Å². The molecule has 5 nitrogen and oxygen atoms in total. The maximum atomic E-state index is 13.2. The Labute approximate surface area is 204 Å². The fourth-order valence-corrected chi connectivity index (χ4v) is 5.69. The number of likely N-dealkylation sites (tertiary alicyclic amines) is 2. The molecular weight excluding hydrogens is 422 g/mol. The molecule has 2 fully saturated rings. The number of hydrogen-bond donors (Lipinski definition) is 1. The normalized spacial score (nSPS) is 21.0. The predicted molar refractivity (Wildman–Crippen MR) is 137 cm³/mol. The first-order valence-corrected chi connectivity index (χ1v) is 12.7. The molecule has 3 unspecified atom stereocenters.